The number of rotatable bonds is 10. The van der Waals surface area contributed by atoms with E-state index in [0.29, 0.717) is 6.54 Å². The maximum Gasteiger partial charge on any atom is 0.162 e. The quantitative estimate of drug-likeness (QED) is 0.327. The van der Waals surface area contributed by atoms with Crippen molar-refractivity contribution < 1.29 is 20.4 Å². The van der Waals surface area contributed by atoms with Crippen LogP contribution in [-0.4, -0.2) is 96.1 Å². The molecule has 1 aromatic heterocycles. The predicted octanol–water partition coefficient (Wildman–Crippen LogP) is -0.606. The van der Waals surface area contributed by atoms with Gasteiger partial charge in [0, 0.05) is 18.8 Å². The summed E-state index contributed by atoms with van der Waals surface area (Å²) in [7, 11) is 0. The molecule has 5 N–H and O–H groups in total. The maximum atomic E-state index is 10.00. The Kier molecular flexibility index (Phi) is 7.90. The minimum absolute atomic E-state index is 0.235. The standard InChI is InChI=1S/C19H30N6O4/c26-12-16-18(28)19(29)17(27)11-24(16)10-4-2-1-3-9-20-14-5-7-15(8-6-14)25-22-13-21-23-25/h5-8,13,16-20,26-29H,1-4,9-12H2/t16-,17+,18-,19-/m1/s1. The van der Waals surface area contributed by atoms with E-state index in [1.807, 2.05) is 29.2 Å². The van der Waals surface area contributed by atoms with Gasteiger partial charge in [0.2, 0.25) is 0 Å². The first-order chi connectivity index (χ1) is 14.1. The van der Waals surface area contributed by atoms with Crippen molar-refractivity contribution in [2.75, 3.05) is 31.6 Å². The van der Waals surface area contributed by atoms with Gasteiger partial charge in [-0.1, -0.05) is 12.8 Å². The Labute approximate surface area is 169 Å². The average Bonchev–Trinajstić information content (AvgIpc) is 3.27. The lowest BCUT2D eigenvalue weighted by atomic mass is 9.94. The van der Waals surface area contributed by atoms with Gasteiger partial charge in [-0.05, 0) is 48.9 Å². The maximum absolute atomic E-state index is 10.00. The fourth-order valence-corrected chi connectivity index (χ4v) is 3.66. The van der Waals surface area contributed by atoms with Crippen molar-refractivity contribution >= 4 is 5.69 Å². The monoisotopic (exact) mass is 406 g/mol. The first-order valence-electron chi connectivity index (χ1n) is 10.1. The van der Waals surface area contributed by atoms with Crippen LogP contribution in [0.4, 0.5) is 5.69 Å². The van der Waals surface area contributed by atoms with Crippen molar-refractivity contribution in [3.8, 4) is 5.69 Å². The van der Waals surface area contributed by atoms with E-state index >= 15 is 0 Å². The number of anilines is 1. The Balaban J connectivity index is 1.30. The lowest BCUT2D eigenvalue weighted by Crippen LogP contribution is -2.62. The van der Waals surface area contributed by atoms with Crippen LogP contribution in [0.5, 0.6) is 0 Å². The van der Waals surface area contributed by atoms with Crippen LogP contribution in [0, 0.1) is 0 Å². The minimum atomic E-state index is -1.20. The van der Waals surface area contributed by atoms with E-state index in [-0.39, 0.29) is 13.2 Å². The van der Waals surface area contributed by atoms with Crippen molar-refractivity contribution in [1.82, 2.24) is 25.1 Å². The van der Waals surface area contributed by atoms with Crippen LogP contribution < -0.4 is 5.32 Å². The number of aromatic nitrogens is 4. The Morgan fingerprint density at radius 2 is 1.76 bits per heavy atom. The highest BCUT2D eigenvalue weighted by molar-refractivity contribution is 5.47. The summed E-state index contributed by atoms with van der Waals surface area (Å²) in [6.45, 7) is 1.58. The zero-order valence-corrected chi connectivity index (χ0v) is 16.4. The van der Waals surface area contributed by atoms with Gasteiger partial charge >= 0.3 is 0 Å². The van der Waals surface area contributed by atoms with Crippen molar-refractivity contribution in [2.24, 2.45) is 0 Å². The second-order valence-corrected chi connectivity index (χ2v) is 7.41. The van der Waals surface area contributed by atoms with Crippen LogP contribution in [-0.2, 0) is 0 Å². The highest BCUT2D eigenvalue weighted by atomic mass is 16.4. The number of hydrogen-bond donors (Lipinski definition) is 5. The fourth-order valence-electron chi connectivity index (χ4n) is 3.66. The van der Waals surface area contributed by atoms with E-state index < -0.39 is 24.4 Å². The van der Waals surface area contributed by atoms with E-state index in [4.69, 9.17) is 0 Å². The van der Waals surface area contributed by atoms with Crippen LogP contribution in [0.15, 0.2) is 30.6 Å². The SMILES string of the molecule is OC[C@@H]1[C@@H](O)[C@H](O)[C@@H](O)CN1CCCCCCNc1ccc(-n2ncnn2)cc1. The van der Waals surface area contributed by atoms with E-state index in [9.17, 15) is 20.4 Å². The molecular formula is C19H30N6O4. The second-order valence-electron chi connectivity index (χ2n) is 7.41. The Morgan fingerprint density at radius 3 is 2.45 bits per heavy atom. The highest BCUT2D eigenvalue weighted by Crippen LogP contribution is 2.19. The van der Waals surface area contributed by atoms with Gasteiger partial charge in [0.15, 0.2) is 6.33 Å². The van der Waals surface area contributed by atoms with Crippen LogP contribution in [0.1, 0.15) is 25.7 Å². The molecule has 0 unspecified atom stereocenters. The summed E-state index contributed by atoms with van der Waals surface area (Å²) in [5.41, 5.74) is 1.89. The molecule has 1 aliphatic rings. The van der Waals surface area contributed by atoms with Crippen molar-refractivity contribution in [3.63, 3.8) is 0 Å². The van der Waals surface area contributed by atoms with E-state index in [1.165, 1.54) is 11.1 Å². The molecule has 0 aliphatic carbocycles. The smallest absolute Gasteiger partial charge is 0.162 e. The summed E-state index contributed by atoms with van der Waals surface area (Å²) < 4.78 is 0. The number of nitrogens with zero attached hydrogens (tertiary/aromatic N) is 5. The number of benzene rings is 1. The number of tetrazole rings is 1. The number of unbranched alkanes of at least 4 members (excludes halogenated alkanes) is 3. The van der Waals surface area contributed by atoms with Gasteiger partial charge in [-0.25, -0.2) is 0 Å². The van der Waals surface area contributed by atoms with Crippen LogP contribution >= 0.6 is 0 Å². The molecule has 1 aliphatic heterocycles. The summed E-state index contributed by atoms with van der Waals surface area (Å²) in [5.74, 6) is 0. The first-order valence-corrected chi connectivity index (χ1v) is 10.1. The molecule has 1 saturated heterocycles. The molecule has 0 radical (unpaired) electrons. The van der Waals surface area contributed by atoms with Crippen LogP contribution in [0.25, 0.3) is 5.69 Å². The molecular weight excluding hydrogens is 376 g/mol. The normalized spacial score (nSPS) is 25.2. The van der Waals surface area contributed by atoms with Gasteiger partial charge in [-0.2, -0.15) is 0 Å². The molecule has 2 heterocycles. The van der Waals surface area contributed by atoms with E-state index in [1.54, 1.807) is 0 Å². The molecule has 4 atom stereocenters. The summed E-state index contributed by atoms with van der Waals surface area (Å²) in [6.07, 6.45) is 2.10. The zero-order chi connectivity index (χ0) is 20.6. The van der Waals surface area contributed by atoms with Crippen molar-refractivity contribution in [2.45, 2.75) is 50.0 Å². The molecule has 160 valence electrons. The minimum Gasteiger partial charge on any atom is -0.395 e. The molecule has 10 nitrogen and oxygen atoms in total. The van der Waals surface area contributed by atoms with Gasteiger partial charge in [0.05, 0.1) is 24.4 Å². The molecule has 10 heteroatoms. The van der Waals surface area contributed by atoms with Gasteiger partial charge in [-0.3, -0.25) is 4.90 Å². The molecule has 0 amide bonds. The largest absolute Gasteiger partial charge is 0.395 e. The lowest BCUT2D eigenvalue weighted by molar-refractivity contribution is -0.145. The van der Waals surface area contributed by atoms with Crippen molar-refractivity contribution in [1.29, 1.82) is 0 Å². The number of β-amino-alcohol motifs (C(OH)–C–C–N with tert-alkyl or cyclic N) is 1. The number of likely N-dealkylation sites (tertiary alicyclic amines) is 1. The number of hydrogen-bond acceptors (Lipinski definition) is 9. The number of aliphatic hydroxyl groups is 4. The van der Waals surface area contributed by atoms with E-state index in [0.717, 1.165) is 43.6 Å². The zero-order valence-electron chi connectivity index (χ0n) is 16.4. The number of aliphatic hydroxyl groups excluding tert-OH is 4. The molecule has 0 saturated carbocycles. The number of piperidine rings is 1. The first kappa shape index (κ1) is 21.6. The third kappa shape index (κ3) is 5.71. The third-order valence-corrected chi connectivity index (χ3v) is 5.36. The van der Waals surface area contributed by atoms with Gasteiger partial charge < -0.3 is 25.7 Å². The van der Waals surface area contributed by atoms with Gasteiger partial charge in [0.25, 0.3) is 0 Å². The molecule has 1 fully saturated rings. The van der Waals surface area contributed by atoms with Crippen LogP contribution in [0.2, 0.25) is 0 Å². The summed E-state index contributed by atoms with van der Waals surface area (Å²) in [5, 5.41) is 54.0. The van der Waals surface area contributed by atoms with E-state index in [2.05, 4.69) is 20.7 Å². The molecule has 1 aromatic carbocycles. The molecule has 0 spiro atoms. The van der Waals surface area contributed by atoms with Crippen LogP contribution in [0.3, 0.4) is 0 Å². The Morgan fingerprint density at radius 1 is 1.00 bits per heavy atom. The Hall–Kier alpha value is -2.11. The topological polar surface area (TPSA) is 140 Å². The lowest BCUT2D eigenvalue weighted by Gasteiger charge is -2.43. The molecule has 0 bridgehead atoms. The molecule has 29 heavy (non-hydrogen) atoms. The number of nitrogens with one attached hydrogen (secondary N) is 1. The van der Waals surface area contributed by atoms with Gasteiger partial charge in [0.1, 0.15) is 12.2 Å². The average molecular weight is 406 g/mol. The summed E-state index contributed by atoms with van der Waals surface area (Å²) in [6, 6.07) is 7.30. The molecule has 2 aromatic rings. The third-order valence-electron chi connectivity index (χ3n) is 5.36. The van der Waals surface area contributed by atoms with Gasteiger partial charge in [-0.15, -0.1) is 15.0 Å². The fraction of sp³-hybridized carbons (Fsp3) is 0.632. The Bertz CT molecular complexity index is 714. The van der Waals surface area contributed by atoms with Crippen molar-refractivity contribution in [3.05, 3.63) is 30.6 Å². The summed E-state index contributed by atoms with van der Waals surface area (Å²) >= 11 is 0. The summed E-state index contributed by atoms with van der Waals surface area (Å²) in [4.78, 5) is 3.33. The predicted molar refractivity (Wildman–Crippen MR) is 107 cm³/mol. The highest BCUT2D eigenvalue weighted by Gasteiger charge is 2.40. The molecule has 3 rings (SSSR count). The second kappa shape index (κ2) is 10.6.